The van der Waals surface area contributed by atoms with Crippen molar-refractivity contribution in [3.05, 3.63) is 76.9 Å². The minimum absolute atomic E-state index is 0.225. The van der Waals surface area contributed by atoms with Crippen molar-refractivity contribution in [2.75, 3.05) is 7.11 Å². The van der Waals surface area contributed by atoms with E-state index in [0.29, 0.717) is 29.2 Å². The highest BCUT2D eigenvalue weighted by Gasteiger charge is 2.28. The van der Waals surface area contributed by atoms with Gasteiger partial charge in [0, 0.05) is 6.42 Å². The predicted molar refractivity (Wildman–Crippen MR) is 123 cm³/mol. The van der Waals surface area contributed by atoms with E-state index in [1.165, 1.54) is 7.11 Å². The molecule has 0 amide bonds. The van der Waals surface area contributed by atoms with Crippen molar-refractivity contribution < 1.29 is 19.4 Å². The van der Waals surface area contributed by atoms with Crippen LogP contribution in [0.1, 0.15) is 64.3 Å². The number of hydrogen-bond donors (Lipinski definition) is 3. The van der Waals surface area contributed by atoms with Crippen molar-refractivity contribution in [1.29, 1.82) is 0 Å². The zero-order valence-corrected chi connectivity index (χ0v) is 18.7. The third kappa shape index (κ3) is 5.00. The largest absolute Gasteiger partial charge is 0.478 e. The van der Waals surface area contributed by atoms with Crippen molar-refractivity contribution in [2.45, 2.75) is 37.6 Å². The molecule has 0 saturated heterocycles. The number of carboxylic acids is 1. The van der Waals surface area contributed by atoms with Crippen molar-refractivity contribution in [3.8, 4) is 11.1 Å². The topological polar surface area (TPSA) is 118 Å². The summed E-state index contributed by atoms with van der Waals surface area (Å²) in [6.45, 7) is 2.08. The number of aromatic carboxylic acids is 1. The fourth-order valence-electron chi connectivity index (χ4n) is 3.50. The molecule has 2 atom stereocenters. The van der Waals surface area contributed by atoms with Gasteiger partial charge < -0.3 is 20.6 Å². The standard InChI is InChI=1S/C24H26ClN3O4/c1-3-4-9-18-27-21(22(28-18)20(26)24(31)32-2)19(25)15-12-10-14(11-13-15)16-7-5-6-8-17(16)23(29)30/h5-8,10-13,19-20H,3-4,9,26H2,1-2H3,(H,27,28)(H,29,30). The van der Waals surface area contributed by atoms with Gasteiger partial charge >= 0.3 is 11.9 Å². The number of aryl methyl sites for hydroxylation is 1. The number of carbonyl (C=O) groups excluding carboxylic acids is 1. The molecule has 3 aromatic rings. The summed E-state index contributed by atoms with van der Waals surface area (Å²) in [5.74, 6) is -0.864. The molecule has 168 valence electrons. The van der Waals surface area contributed by atoms with Crippen LogP contribution in [0, 0.1) is 0 Å². The van der Waals surface area contributed by atoms with Crippen molar-refractivity contribution >= 4 is 23.5 Å². The maximum absolute atomic E-state index is 12.0. The molecular weight excluding hydrogens is 430 g/mol. The van der Waals surface area contributed by atoms with Gasteiger partial charge in [-0.2, -0.15) is 0 Å². The summed E-state index contributed by atoms with van der Waals surface area (Å²) >= 11 is 6.78. The van der Waals surface area contributed by atoms with Gasteiger partial charge in [0.1, 0.15) is 17.2 Å². The quantitative estimate of drug-likeness (QED) is 0.320. The van der Waals surface area contributed by atoms with Gasteiger partial charge in [0.25, 0.3) is 0 Å². The first-order valence-electron chi connectivity index (χ1n) is 10.4. The molecule has 32 heavy (non-hydrogen) atoms. The van der Waals surface area contributed by atoms with Crippen molar-refractivity contribution in [3.63, 3.8) is 0 Å². The smallest absolute Gasteiger partial charge is 0.336 e. The average molecular weight is 456 g/mol. The second kappa shape index (κ2) is 10.4. The zero-order chi connectivity index (χ0) is 23.3. The Morgan fingerprint density at radius 1 is 1.19 bits per heavy atom. The first-order chi connectivity index (χ1) is 15.4. The van der Waals surface area contributed by atoms with Gasteiger partial charge in [-0.3, -0.25) is 0 Å². The number of benzene rings is 2. The highest BCUT2D eigenvalue weighted by atomic mass is 35.5. The number of imidazole rings is 1. The van der Waals surface area contributed by atoms with E-state index < -0.39 is 23.4 Å². The summed E-state index contributed by atoms with van der Waals surface area (Å²) in [5, 5.41) is 8.82. The van der Waals surface area contributed by atoms with Gasteiger partial charge in [0.2, 0.25) is 0 Å². The van der Waals surface area contributed by atoms with E-state index in [9.17, 15) is 14.7 Å². The molecular formula is C24H26ClN3O4. The number of nitrogens with zero attached hydrogens (tertiary/aromatic N) is 1. The van der Waals surface area contributed by atoms with Crippen molar-refractivity contribution in [1.82, 2.24) is 9.97 Å². The normalized spacial score (nSPS) is 12.9. The molecule has 8 heteroatoms. The minimum atomic E-state index is -1.05. The van der Waals surface area contributed by atoms with Gasteiger partial charge in [-0.15, -0.1) is 11.6 Å². The van der Waals surface area contributed by atoms with E-state index in [1.54, 1.807) is 24.3 Å². The Labute approximate surface area is 191 Å². The maximum Gasteiger partial charge on any atom is 0.336 e. The predicted octanol–water partition coefficient (Wildman–Crippen LogP) is 4.62. The number of esters is 1. The van der Waals surface area contributed by atoms with Crippen molar-refractivity contribution in [2.24, 2.45) is 5.73 Å². The van der Waals surface area contributed by atoms with E-state index in [2.05, 4.69) is 16.9 Å². The molecule has 1 aromatic heterocycles. The molecule has 0 saturated carbocycles. The number of ether oxygens (including phenoxy) is 1. The molecule has 0 aliphatic heterocycles. The Bertz CT molecular complexity index is 1090. The summed E-state index contributed by atoms with van der Waals surface area (Å²) in [4.78, 5) is 31.3. The molecule has 3 rings (SSSR count). The van der Waals surface area contributed by atoms with Gasteiger partial charge in [0.15, 0.2) is 0 Å². The first-order valence-corrected chi connectivity index (χ1v) is 10.8. The second-order valence-electron chi connectivity index (χ2n) is 7.42. The molecule has 0 fully saturated rings. The van der Waals surface area contributed by atoms with Crippen LogP contribution in [0.5, 0.6) is 0 Å². The number of nitrogens with two attached hydrogens (primary N) is 1. The highest BCUT2D eigenvalue weighted by Crippen LogP contribution is 2.34. The number of hydrogen-bond acceptors (Lipinski definition) is 5. The van der Waals surface area contributed by atoms with Crippen LogP contribution in [0.4, 0.5) is 0 Å². The van der Waals surface area contributed by atoms with Gasteiger partial charge in [-0.25, -0.2) is 14.6 Å². The number of unbranched alkanes of at least 4 members (excludes halogenated alkanes) is 1. The number of halogens is 1. The lowest BCUT2D eigenvalue weighted by atomic mass is 9.97. The van der Waals surface area contributed by atoms with Gasteiger partial charge in [-0.05, 0) is 29.2 Å². The van der Waals surface area contributed by atoms with E-state index in [0.717, 1.165) is 24.0 Å². The molecule has 4 N–H and O–H groups in total. The highest BCUT2D eigenvalue weighted by molar-refractivity contribution is 6.22. The van der Waals surface area contributed by atoms with Crippen LogP contribution >= 0.6 is 11.6 Å². The molecule has 2 unspecified atom stereocenters. The Hall–Kier alpha value is -3.16. The lowest BCUT2D eigenvalue weighted by Crippen LogP contribution is -2.24. The van der Waals surface area contributed by atoms with E-state index in [-0.39, 0.29) is 5.56 Å². The number of carboxylic acid groups (broad SMARTS) is 1. The van der Waals surface area contributed by atoms with E-state index >= 15 is 0 Å². The number of carbonyl (C=O) groups is 2. The van der Waals surface area contributed by atoms with Crippen LogP contribution in [0.25, 0.3) is 11.1 Å². The molecule has 0 aliphatic rings. The van der Waals surface area contributed by atoms with Crippen LogP contribution in [0.2, 0.25) is 0 Å². The van der Waals surface area contributed by atoms with E-state index in [1.807, 2.05) is 24.3 Å². The Morgan fingerprint density at radius 3 is 2.50 bits per heavy atom. The molecule has 0 radical (unpaired) electrons. The van der Waals surface area contributed by atoms with Crippen LogP contribution in [-0.2, 0) is 16.0 Å². The zero-order valence-electron chi connectivity index (χ0n) is 18.0. The summed E-state index contributed by atoms with van der Waals surface area (Å²) in [6.07, 6.45) is 2.65. The van der Waals surface area contributed by atoms with Crippen LogP contribution in [0.15, 0.2) is 48.5 Å². The third-order valence-corrected chi connectivity index (χ3v) is 5.72. The van der Waals surface area contributed by atoms with E-state index in [4.69, 9.17) is 22.1 Å². The fourth-order valence-corrected chi connectivity index (χ4v) is 3.82. The molecule has 0 bridgehead atoms. The number of nitrogens with one attached hydrogen (secondary N) is 1. The number of alkyl halides is 1. The summed E-state index contributed by atoms with van der Waals surface area (Å²) < 4.78 is 4.78. The van der Waals surface area contributed by atoms with Crippen LogP contribution in [0.3, 0.4) is 0 Å². The Morgan fingerprint density at radius 2 is 1.88 bits per heavy atom. The Balaban J connectivity index is 1.95. The number of methoxy groups -OCH3 is 1. The summed E-state index contributed by atoms with van der Waals surface area (Å²) in [5.41, 5.74) is 9.36. The molecule has 1 heterocycles. The Kier molecular flexibility index (Phi) is 7.66. The monoisotopic (exact) mass is 455 g/mol. The third-order valence-electron chi connectivity index (χ3n) is 5.25. The fraction of sp³-hybridized carbons (Fsp3) is 0.292. The maximum atomic E-state index is 12.0. The molecule has 0 aliphatic carbocycles. The lowest BCUT2D eigenvalue weighted by Gasteiger charge is -2.14. The number of H-pyrrole nitrogens is 1. The summed E-state index contributed by atoms with van der Waals surface area (Å²) in [7, 11) is 1.28. The average Bonchev–Trinajstić information content (AvgIpc) is 3.25. The molecule has 7 nitrogen and oxygen atoms in total. The van der Waals surface area contributed by atoms with Gasteiger partial charge in [-0.1, -0.05) is 55.8 Å². The molecule has 2 aromatic carbocycles. The number of aromatic amines is 1. The van der Waals surface area contributed by atoms with Crippen LogP contribution in [-0.4, -0.2) is 34.1 Å². The molecule has 0 spiro atoms. The number of rotatable bonds is 9. The SMILES string of the molecule is CCCCc1nc(C(N)C(=O)OC)c(C(Cl)c2ccc(-c3ccccc3C(=O)O)cc2)[nH]1. The minimum Gasteiger partial charge on any atom is -0.478 e. The first kappa shape index (κ1) is 23.5. The second-order valence-corrected chi connectivity index (χ2v) is 7.86. The lowest BCUT2D eigenvalue weighted by molar-refractivity contribution is -0.142. The summed E-state index contributed by atoms with van der Waals surface area (Å²) in [6, 6.07) is 13.1. The van der Waals surface area contributed by atoms with Gasteiger partial charge in [0.05, 0.1) is 24.1 Å². The van der Waals surface area contributed by atoms with Crippen LogP contribution < -0.4 is 5.73 Å². The number of aromatic nitrogens is 2.